The Balaban J connectivity index is 2.81. The number of ether oxygens (including phenoxy) is 1. The summed E-state index contributed by atoms with van der Waals surface area (Å²) in [7, 11) is 1.33. The van der Waals surface area contributed by atoms with Crippen LogP contribution in [0.5, 0.6) is 0 Å². The summed E-state index contributed by atoms with van der Waals surface area (Å²) >= 11 is 5.74. The van der Waals surface area contributed by atoms with Gasteiger partial charge in [0.1, 0.15) is 11.1 Å². The third kappa shape index (κ3) is 4.18. The van der Waals surface area contributed by atoms with Gasteiger partial charge in [0.05, 0.1) is 12.0 Å². The molecule has 20 heavy (non-hydrogen) atoms. The SMILES string of the molecule is COC(=O)C(NCc1ccc(Cl)c([N+](=O)[O-])c1)C(C)C. The number of halogens is 1. The lowest BCUT2D eigenvalue weighted by Crippen LogP contribution is -2.41. The van der Waals surface area contributed by atoms with Crippen LogP contribution in [0.25, 0.3) is 0 Å². The van der Waals surface area contributed by atoms with Crippen LogP contribution in [0.3, 0.4) is 0 Å². The minimum absolute atomic E-state index is 0.0461. The second-order valence-electron chi connectivity index (χ2n) is 4.67. The zero-order chi connectivity index (χ0) is 15.3. The fraction of sp³-hybridized carbons (Fsp3) is 0.462. The van der Waals surface area contributed by atoms with E-state index in [0.717, 1.165) is 0 Å². The summed E-state index contributed by atoms with van der Waals surface area (Å²) in [5.41, 5.74) is 0.529. The molecule has 0 spiro atoms. The number of carbonyl (C=O) groups excluding carboxylic acids is 1. The number of rotatable bonds is 6. The highest BCUT2D eigenvalue weighted by Crippen LogP contribution is 2.25. The van der Waals surface area contributed by atoms with Crippen molar-refractivity contribution in [3.8, 4) is 0 Å². The molecular formula is C13H17ClN2O4. The van der Waals surface area contributed by atoms with Crippen LogP contribution in [0, 0.1) is 16.0 Å². The number of nitrogens with one attached hydrogen (secondary N) is 1. The minimum Gasteiger partial charge on any atom is -0.468 e. The van der Waals surface area contributed by atoms with Crippen LogP contribution >= 0.6 is 11.6 Å². The summed E-state index contributed by atoms with van der Waals surface area (Å²) in [6.45, 7) is 4.09. The maximum atomic E-state index is 11.6. The maximum absolute atomic E-state index is 11.6. The number of esters is 1. The van der Waals surface area contributed by atoms with E-state index in [9.17, 15) is 14.9 Å². The van der Waals surface area contributed by atoms with Crippen molar-refractivity contribution in [1.29, 1.82) is 0 Å². The fourth-order valence-corrected chi connectivity index (χ4v) is 1.94. The van der Waals surface area contributed by atoms with Crippen molar-refractivity contribution >= 4 is 23.3 Å². The average molecular weight is 301 g/mol. The van der Waals surface area contributed by atoms with Crippen LogP contribution in [0.15, 0.2) is 18.2 Å². The van der Waals surface area contributed by atoms with E-state index >= 15 is 0 Å². The topological polar surface area (TPSA) is 81.5 Å². The molecule has 0 aliphatic heterocycles. The smallest absolute Gasteiger partial charge is 0.323 e. The molecule has 1 aromatic rings. The number of hydrogen-bond acceptors (Lipinski definition) is 5. The second kappa shape index (κ2) is 7.21. The lowest BCUT2D eigenvalue weighted by Gasteiger charge is -2.19. The number of carbonyl (C=O) groups is 1. The molecule has 110 valence electrons. The van der Waals surface area contributed by atoms with Gasteiger partial charge in [-0.3, -0.25) is 14.9 Å². The van der Waals surface area contributed by atoms with Crippen molar-refractivity contribution in [3.05, 3.63) is 38.9 Å². The second-order valence-corrected chi connectivity index (χ2v) is 5.08. The zero-order valence-corrected chi connectivity index (χ0v) is 12.3. The van der Waals surface area contributed by atoms with Crippen LogP contribution in [0.2, 0.25) is 5.02 Å². The summed E-state index contributed by atoms with van der Waals surface area (Å²) < 4.78 is 4.71. The predicted molar refractivity (Wildman–Crippen MR) is 75.6 cm³/mol. The summed E-state index contributed by atoms with van der Waals surface area (Å²) in [4.78, 5) is 21.9. The van der Waals surface area contributed by atoms with Gasteiger partial charge in [-0.1, -0.05) is 31.5 Å². The van der Waals surface area contributed by atoms with Crippen molar-refractivity contribution in [2.24, 2.45) is 5.92 Å². The van der Waals surface area contributed by atoms with E-state index in [1.807, 2.05) is 13.8 Å². The molecule has 0 aliphatic carbocycles. The van der Waals surface area contributed by atoms with Gasteiger partial charge in [0.25, 0.3) is 5.69 Å². The first-order valence-corrected chi connectivity index (χ1v) is 6.48. The molecule has 0 aliphatic rings. The highest BCUT2D eigenvalue weighted by molar-refractivity contribution is 6.32. The molecule has 6 nitrogen and oxygen atoms in total. The molecule has 0 amide bonds. The Labute approximate surface area is 122 Å². The van der Waals surface area contributed by atoms with Crippen molar-refractivity contribution in [1.82, 2.24) is 5.32 Å². The van der Waals surface area contributed by atoms with E-state index in [-0.39, 0.29) is 22.6 Å². The maximum Gasteiger partial charge on any atom is 0.323 e. The largest absolute Gasteiger partial charge is 0.468 e. The standard InChI is InChI=1S/C13H17ClN2O4/c1-8(2)12(13(17)20-3)15-7-9-4-5-10(14)11(6-9)16(18)19/h4-6,8,12,15H,7H2,1-3H3. The van der Waals surface area contributed by atoms with Gasteiger partial charge in [-0.2, -0.15) is 0 Å². The van der Waals surface area contributed by atoms with Gasteiger partial charge in [-0.15, -0.1) is 0 Å². The van der Waals surface area contributed by atoms with E-state index in [4.69, 9.17) is 16.3 Å². The molecule has 7 heteroatoms. The van der Waals surface area contributed by atoms with E-state index < -0.39 is 11.0 Å². The van der Waals surface area contributed by atoms with Crippen molar-refractivity contribution in [3.63, 3.8) is 0 Å². The molecule has 0 radical (unpaired) electrons. The summed E-state index contributed by atoms with van der Waals surface area (Å²) in [5.74, 6) is -0.312. The van der Waals surface area contributed by atoms with Gasteiger partial charge in [0, 0.05) is 12.6 Å². The van der Waals surface area contributed by atoms with Crippen LogP contribution in [0.1, 0.15) is 19.4 Å². The van der Waals surface area contributed by atoms with Gasteiger partial charge in [0.15, 0.2) is 0 Å². The molecule has 0 bridgehead atoms. The van der Waals surface area contributed by atoms with Gasteiger partial charge in [0.2, 0.25) is 0 Å². The van der Waals surface area contributed by atoms with Crippen molar-refractivity contribution in [2.45, 2.75) is 26.4 Å². The third-order valence-corrected chi connectivity index (χ3v) is 3.17. The quantitative estimate of drug-likeness (QED) is 0.496. The monoisotopic (exact) mass is 300 g/mol. The Bertz CT molecular complexity index is 505. The highest BCUT2D eigenvalue weighted by atomic mass is 35.5. The molecule has 0 saturated carbocycles. The predicted octanol–water partition coefficient (Wildman–Crippen LogP) is 2.54. The number of benzene rings is 1. The van der Waals surface area contributed by atoms with Gasteiger partial charge in [-0.25, -0.2) is 0 Å². The Morgan fingerprint density at radius 3 is 2.65 bits per heavy atom. The molecule has 1 unspecified atom stereocenters. The molecule has 0 aromatic heterocycles. The van der Waals surface area contributed by atoms with E-state index in [0.29, 0.717) is 12.1 Å². The molecule has 1 N–H and O–H groups in total. The van der Waals surface area contributed by atoms with Gasteiger partial charge < -0.3 is 10.1 Å². The lowest BCUT2D eigenvalue weighted by molar-refractivity contribution is -0.384. The van der Waals surface area contributed by atoms with E-state index in [1.54, 1.807) is 6.07 Å². The first-order chi connectivity index (χ1) is 9.36. The van der Waals surface area contributed by atoms with Crippen molar-refractivity contribution < 1.29 is 14.5 Å². The molecule has 1 atom stereocenters. The van der Waals surface area contributed by atoms with Crippen LogP contribution < -0.4 is 5.32 Å². The molecule has 0 heterocycles. The molecule has 0 fully saturated rings. The summed E-state index contributed by atoms with van der Waals surface area (Å²) in [5, 5.41) is 13.9. The Morgan fingerprint density at radius 1 is 1.50 bits per heavy atom. The average Bonchev–Trinajstić information content (AvgIpc) is 2.39. The number of nitrogens with zero attached hydrogens (tertiary/aromatic N) is 1. The van der Waals surface area contributed by atoms with E-state index in [2.05, 4.69) is 5.32 Å². The Kier molecular flexibility index (Phi) is 5.91. The Morgan fingerprint density at radius 2 is 2.15 bits per heavy atom. The van der Waals surface area contributed by atoms with Crippen LogP contribution in [-0.2, 0) is 16.1 Å². The van der Waals surface area contributed by atoms with Crippen LogP contribution in [-0.4, -0.2) is 24.0 Å². The van der Waals surface area contributed by atoms with Gasteiger partial charge in [-0.05, 0) is 17.5 Å². The van der Waals surface area contributed by atoms with Crippen LogP contribution in [0.4, 0.5) is 5.69 Å². The summed E-state index contributed by atoms with van der Waals surface area (Å²) in [6, 6.07) is 4.08. The number of hydrogen-bond donors (Lipinski definition) is 1. The lowest BCUT2D eigenvalue weighted by atomic mass is 10.0. The van der Waals surface area contributed by atoms with Gasteiger partial charge >= 0.3 is 5.97 Å². The highest BCUT2D eigenvalue weighted by Gasteiger charge is 2.22. The molecule has 1 rings (SSSR count). The summed E-state index contributed by atoms with van der Waals surface area (Å²) in [6.07, 6.45) is 0. The normalized spacial score (nSPS) is 12.2. The van der Waals surface area contributed by atoms with E-state index in [1.165, 1.54) is 19.2 Å². The van der Waals surface area contributed by atoms with Crippen molar-refractivity contribution in [2.75, 3.05) is 7.11 Å². The molecular weight excluding hydrogens is 284 g/mol. The zero-order valence-electron chi connectivity index (χ0n) is 11.6. The minimum atomic E-state index is -0.536. The third-order valence-electron chi connectivity index (χ3n) is 2.86. The fourth-order valence-electron chi connectivity index (χ4n) is 1.75. The first-order valence-electron chi connectivity index (χ1n) is 6.10. The Hall–Kier alpha value is -1.66. The number of nitro benzene ring substituents is 1. The number of nitro groups is 1. The molecule has 1 aromatic carbocycles. The number of methoxy groups -OCH3 is 1. The molecule has 0 saturated heterocycles. The first kappa shape index (κ1) is 16.4.